The molecule has 2 aliphatic heterocycles. The van der Waals surface area contributed by atoms with Gasteiger partial charge >= 0.3 is 0 Å². The van der Waals surface area contributed by atoms with Gasteiger partial charge in [0, 0.05) is 25.7 Å². The first-order valence-corrected chi connectivity index (χ1v) is 8.04. The summed E-state index contributed by atoms with van der Waals surface area (Å²) in [7, 11) is 0. The van der Waals surface area contributed by atoms with Crippen LogP contribution in [0.2, 0.25) is 0 Å². The number of morpholine rings is 1. The zero-order valence-corrected chi connectivity index (χ0v) is 11.9. The van der Waals surface area contributed by atoms with Gasteiger partial charge in [0.05, 0.1) is 18.3 Å². The zero-order valence-electron chi connectivity index (χ0n) is 11.9. The second kappa shape index (κ2) is 6.08. The van der Waals surface area contributed by atoms with Gasteiger partial charge in [-0.15, -0.1) is 0 Å². The minimum Gasteiger partial charge on any atom is -0.389 e. The van der Waals surface area contributed by atoms with Crippen molar-refractivity contribution in [2.24, 2.45) is 0 Å². The predicted molar refractivity (Wildman–Crippen MR) is 75.2 cm³/mol. The summed E-state index contributed by atoms with van der Waals surface area (Å²) in [5.74, 6) is 0. The highest BCUT2D eigenvalue weighted by Crippen LogP contribution is 2.27. The van der Waals surface area contributed by atoms with Gasteiger partial charge in [-0.3, -0.25) is 4.90 Å². The van der Waals surface area contributed by atoms with Crippen molar-refractivity contribution in [2.75, 3.05) is 32.8 Å². The van der Waals surface area contributed by atoms with Gasteiger partial charge in [0.15, 0.2) is 0 Å². The molecule has 1 saturated carbocycles. The van der Waals surface area contributed by atoms with Crippen molar-refractivity contribution in [3.05, 3.63) is 0 Å². The van der Waals surface area contributed by atoms with E-state index in [-0.39, 0.29) is 0 Å². The van der Waals surface area contributed by atoms with Crippen LogP contribution in [-0.4, -0.2) is 60.5 Å². The fraction of sp³-hybridized carbons (Fsp3) is 1.00. The van der Waals surface area contributed by atoms with E-state index in [1.54, 1.807) is 0 Å². The lowest BCUT2D eigenvalue weighted by molar-refractivity contribution is -0.0513. The standard InChI is InChI=1S/C15H28N2O2/c18-15(6-2-1-3-7-15)12-16-9-14-10-17-8-4-5-13(17)11-19-14/h13-14,16,18H,1-12H2. The summed E-state index contributed by atoms with van der Waals surface area (Å²) < 4.78 is 5.93. The molecule has 0 aromatic rings. The van der Waals surface area contributed by atoms with Crippen molar-refractivity contribution in [1.82, 2.24) is 10.2 Å². The Balaban J connectivity index is 1.38. The zero-order chi connectivity index (χ0) is 13.1. The Hall–Kier alpha value is -0.160. The molecule has 2 N–H and O–H groups in total. The van der Waals surface area contributed by atoms with Crippen LogP contribution < -0.4 is 5.32 Å². The normalized spacial score (nSPS) is 35.2. The molecule has 4 nitrogen and oxygen atoms in total. The summed E-state index contributed by atoms with van der Waals surface area (Å²) >= 11 is 0. The van der Waals surface area contributed by atoms with E-state index in [9.17, 15) is 5.11 Å². The molecule has 0 aromatic heterocycles. The van der Waals surface area contributed by atoms with Crippen LogP contribution in [0.25, 0.3) is 0 Å². The smallest absolute Gasteiger partial charge is 0.0827 e. The Morgan fingerprint density at radius 1 is 1.21 bits per heavy atom. The summed E-state index contributed by atoms with van der Waals surface area (Å²) in [6, 6.07) is 0.679. The molecule has 2 saturated heterocycles. The van der Waals surface area contributed by atoms with Crippen LogP contribution in [0.5, 0.6) is 0 Å². The fourth-order valence-electron chi connectivity index (χ4n) is 3.86. The van der Waals surface area contributed by atoms with E-state index in [0.717, 1.165) is 39.1 Å². The lowest BCUT2D eigenvalue weighted by Gasteiger charge is -2.36. The molecule has 19 heavy (non-hydrogen) atoms. The molecule has 2 unspecified atom stereocenters. The van der Waals surface area contributed by atoms with Gasteiger partial charge in [0.25, 0.3) is 0 Å². The Kier molecular flexibility index (Phi) is 4.42. The van der Waals surface area contributed by atoms with Crippen LogP contribution in [0.1, 0.15) is 44.9 Å². The highest BCUT2D eigenvalue weighted by Gasteiger charge is 2.33. The minimum atomic E-state index is -0.455. The third-order valence-electron chi connectivity index (χ3n) is 5.07. The lowest BCUT2D eigenvalue weighted by Crippen LogP contribution is -2.51. The van der Waals surface area contributed by atoms with E-state index in [4.69, 9.17) is 4.74 Å². The molecule has 3 aliphatic rings. The number of nitrogens with one attached hydrogen (secondary N) is 1. The third-order valence-corrected chi connectivity index (χ3v) is 5.07. The Morgan fingerprint density at radius 3 is 2.89 bits per heavy atom. The number of aliphatic hydroxyl groups is 1. The van der Waals surface area contributed by atoms with Crippen molar-refractivity contribution in [3.63, 3.8) is 0 Å². The first kappa shape index (κ1) is 13.8. The maximum atomic E-state index is 10.4. The highest BCUT2D eigenvalue weighted by atomic mass is 16.5. The molecule has 1 aliphatic carbocycles. The van der Waals surface area contributed by atoms with Gasteiger partial charge in [-0.2, -0.15) is 0 Å². The van der Waals surface area contributed by atoms with Crippen molar-refractivity contribution < 1.29 is 9.84 Å². The molecule has 3 rings (SSSR count). The van der Waals surface area contributed by atoms with Crippen LogP contribution >= 0.6 is 0 Å². The van der Waals surface area contributed by atoms with E-state index in [1.165, 1.54) is 38.6 Å². The molecular weight excluding hydrogens is 240 g/mol. The second-order valence-electron chi connectivity index (χ2n) is 6.66. The molecular formula is C15H28N2O2. The molecule has 3 fully saturated rings. The third kappa shape index (κ3) is 3.48. The van der Waals surface area contributed by atoms with Gasteiger partial charge in [0.1, 0.15) is 0 Å². The number of hydrogen-bond acceptors (Lipinski definition) is 4. The van der Waals surface area contributed by atoms with Crippen molar-refractivity contribution in [1.29, 1.82) is 0 Å². The molecule has 0 amide bonds. The van der Waals surface area contributed by atoms with Crippen molar-refractivity contribution in [3.8, 4) is 0 Å². The summed E-state index contributed by atoms with van der Waals surface area (Å²) in [4.78, 5) is 2.57. The van der Waals surface area contributed by atoms with Crippen molar-refractivity contribution in [2.45, 2.75) is 62.7 Å². The van der Waals surface area contributed by atoms with Gasteiger partial charge in [-0.25, -0.2) is 0 Å². The monoisotopic (exact) mass is 268 g/mol. The van der Waals surface area contributed by atoms with Crippen LogP contribution in [0, 0.1) is 0 Å². The summed E-state index contributed by atoms with van der Waals surface area (Å²) in [6.07, 6.45) is 8.49. The molecule has 0 bridgehead atoms. The van der Waals surface area contributed by atoms with E-state index in [0.29, 0.717) is 12.1 Å². The van der Waals surface area contributed by atoms with Crippen LogP contribution in [0.15, 0.2) is 0 Å². The Labute approximate surface area is 116 Å². The van der Waals surface area contributed by atoms with Crippen LogP contribution in [0.3, 0.4) is 0 Å². The van der Waals surface area contributed by atoms with Gasteiger partial charge in [0.2, 0.25) is 0 Å². The van der Waals surface area contributed by atoms with E-state index < -0.39 is 5.60 Å². The molecule has 4 heteroatoms. The van der Waals surface area contributed by atoms with Crippen LogP contribution in [-0.2, 0) is 4.74 Å². The van der Waals surface area contributed by atoms with E-state index >= 15 is 0 Å². The minimum absolute atomic E-state index is 0.307. The SMILES string of the molecule is OC1(CNCC2CN3CCCC3CO2)CCCCC1. The summed E-state index contributed by atoms with van der Waals surface area (Å²) in [6.45, 7) is 4.82. The molecule has 0 radical (unpaired) electrons. The lowest BCUT2D eigenvalue weighted by atomic mass is 9.85. The number of nitrogens with zero attached hydrogens (tertiary/aromatic N) is 1. The van der Waals surface area contributed by atoms with Gasteiger partial charge in [-0.05, 0) is 32.2 Å². The molecule has 2 atom stereocenters. The number of ether oxygens (including phenoxy) is 1. The van der Waals surface area contributed by atoms with Crippen LogP contribution in [0.4, 0.5) is 0 Å². The van der Waals surface area contributed by atoms with E-state index in [1.807, 2.05) is 0 Å². The molecule has 2 heterocycles. The summed E-state index contributed by atoms with van der Waals surface area (Å²) in [5.41, 5.74) is -0.455. The van der Waals surface area contributed by atoms with Gasteiger partial charge in [-0.1, -0.05) is 19.3 Å². The Morgan fingerprint density at radius 2 is 2.05 bits per heavy atom. The largest absolute Gasteiger partial charge is 0.389 e. The number of fused-ring (bicyclic) bond motifs is 1. The molecule has 0 aromatic carbocycles. The first-order valence-electron chi connectivity index (χ1n) is 8.04. The fourth-order valence-corrected chi connectivity index (χ4v) is 3.86. The maximum absolute atomic E-state index is 10.4. The topological polar surface area (TPSA) is 44.7 Å². The average molecular weight is 268 g/mol. The molecule has 110 valence electrons. The molecule has 0 spiro atoms. The summed E-state index contributed by atoms with van der Waals surface area (Å²) in [5, 5.41) is 13.9. The second-order valence-corrected chi connectivity index (χ2v) is 6.66. The average Bonchev–Trinajstić information content (AvgIpc) is 2.87. The number of rotatable bonds is 4. The maximum Gasteiger partial charge on any atom is 0.0827 e. The van der Waals surface area contributed by atoms with E-state index in [2.05, 4.69) is 10.2 Å². The highest BCUT2D eigenvalue weighted by molar-refractivity contribution is 4.88. The van der Waals surface area contributed by atoms with Gasteiger partial charge < -0.3 is 15.2 Å². The predicted octanol–water partition coefficient (Wildman–Crippen LogP) is 1.13. The first-order chi connectivity index (χ1) is 9.25. The Bertz CT molecular complexity index is 292. The quantitative estimate of drug-likeness (QED) is 0.802. The van der Waals surface area contributed by atoms with Crippen molar-refractivity contribution >= 4 is 0 Å². The number of hydrogen-bond donors (Lipinski definition) is 2.